The van der Waals surface area contributed by atoms with Crippen molar-refractivity contribution in [3.8, 4) is 11.8 Å². The van der Waals surface area contributed by atoms with Gasteiger partial charge in [-0.05, 0) is 23.8 Å². The fraction of sp³-hybridized carbons (Fsp3) is 0.214. The van der Waals surface area contributed by atoms with Crippen LogP contribution in [-0.4, -0.2) is 24.8 Å². The third kappa shape index (κ3) is 5.01. The third-order valence-corrected chi connectivity index (χ3v) is 1.99. The van der Waals surface area contributed by atoms with Gasteiger partial charge < -0.3 is 9.84 Å². The Hall–Kier alpha value is -2.05. The number of benzene rings is 1. The van der Waals surface area contributed by atoms with Crippen LogP contribution in [0.2, 0.25) is 0 Å². The Bertz CT molecular complexity index is 447. The Morgan fingerprint density at radius 1 is 1.41 bits per heavy atom. The van der Waals surface area contributed by atoms with E-state index in [9.17, 15) is 4.79 Å². The van der Waals surface area contributed by atoms with E-state index in [4.69, 9.17) is 5.11 Å². The molecule has 0 aliphatic carbocycles. The zero-order valence-electron chi connectivity index (χ0n) is 9.64. The number of esters is 1. The molecule has 0 aromatic heterocycles. The summed E-state index contributed by atoms with van der Waals surface area (Å²) >= 11 is 0. The Balaban J connectivity index is 2.66. The van der Waals surface area contributed by atoms with Crippen LogP contribution in [0.4, 0.5) is 0 Å². The minimum atomic E-state index is -0.378. The van der Waals surface area contributed by atoms with Crippen LogP contribution in [0, 0.1) is 11.8 Å². The number of ether oxygens (including phenoxy) is 1. The molecule has 1 N–H and O–H groups in total. The van der Waals surface area contributed by atoms with Crippen LogP contribution >= 0.6 is 0 Å². The Morgan fingerprint density at radius 3 is 2.71 bits per heavy atom. The van der Waals surface area contributed by atoms with Crippen molar-refractivity contribution < 1.29 is 14.6 Å². The molecular weight excluding hydrogens is 216 g/mol. The fourth-order valence-electron chi connectivity index (χ4n) is 1.13. The largest absolute Gasteiger partial charge is 0.466 e. The first kappa shape index (κ1) is 13.0. The first-order valence-corrected chi connectivity index (χ1v) is 5.22. The predicted molar refractivity (Wildman–Crippen MR) is 66.1 cm³/mol. The average molecular weight is 230 g/mol. The second-order valence-electron chi connectivity index (χ2n) is 3.25. The van der Waals surface area contributed by atoms with Crippen LogP contribution < -0.4 is 0 Å². The van der Waals surface area contributed by atoms with Crippen LogP contribution in [0.1, 0.15) is 17.5 Å². The van der Waals surface area contributed by atoms with Gasteiger partial charge in [-0.1, -0.05) is 24.0 Å². The second kappa shape index (κ2) is 7.26. The van der Waals surface area contributed by atoms with Gasteiger partial charge in [0.05, 0.1) is 13.7 Å². The summed E-state index contributed by atoms with van der Waals surface area (Å²) in [5.41, 5.74) is 1.79. The molecule has 0 aliphatic heterocycles. The molecule has 3 nitrogen and oxygen atoms in total. The molecule has 88 valence electrons. The van der Waals surface area contributed by atoms with Crippen LogP contribution in [0.25, 0.3) is 6.08 Å². The molecule has 0 saturated carbocycles. The van der Waals surface area contributed by atoms with Crippen molar-refractivity contribution in [2.45, 2.75) is 6.42 Å². The van der Waals surface area contributed by atoms with E-state index in [1.807, 2.05) is 24.3 Å². The lowest BCUT2D eigenvalue weighted by atomic mass is 10.1. The molecule has 17 heavy (non-hydrogen) atoms. The molecule has 0 bridgehead atoms. The van der Waals surface area contributed by atoms with E-state index >= 15 is 0 Å². The standard InChI is InChI=1S/C14H14O3/c1-17-14(16)10-9-13-7-5-12(6-8-13)4-2-3-11-15/h5-10,15H,3,11H2,1H3/b10-9+. The number of rotatable bonds is 3. The van der Waals surface area contributed by atoms with Gasteiger partial charge in [0.1, 0.15) is 0 Å². The normalized spacial score (nSPS) is 9.76. The molecule has 0 radical (unpaired) electrons. The van der Waals surface area contributed by atoms with Gasteiger partial charge in [0.15, 0.2) is 0 Å². The van der Waals surface area contributed by atoms with Gasteiger partial charge in [0, 0.05) is 18.1 Å². The van der Waals surface area contributed by atoms with Gasteiger partial charge in [0.25, 0.3) is 0 Å². The van der Waals surface area contributed by atoms with Crippen molar-refractivity contribution in [1.29, 1.82) is 0 Å². The Labute approximate surface area is 101 Å². The number of aliphatic hydroxyl groups is 1. The molecule has 0 unspecified atom stereocenters. The summed E-state index contributed by atoms with van der Waals surface area (Å²) in [5, 5.41) is 8.58. The molecule has 1 rings (SSSR count). The van der Waals surface area contributed by atoms with E-state index in [1.54, 1.807) is 6.08 Å². The molecule has 3 heteroatoms. The van der Waals surface area contributed by atoms with E-state index < -0.39 is 0 Å². The molecule has 0 heterocycles. The Morgan fingerprint density at radius 2 is 2.12 bits per heavy atom. The molecule has 0 saturated heterocycles. The molecular formula is C14H14O3. The van der Waals surface area contributed by atoms with Crippen molar-refractivity contribution in [3.05, 3.63) is 41.5 Å². The monoisotopic (exact) mass is 230 g/mol. The average Bonchev–Trinajstić information content (AvgIpc) is 2.37. The summed E-state index contributed by atoms with van der Waals surface area (Å²) in [6.07, 6.45) is 3.52. The maximum atomic E-state index is 10.9. The number of aliphatic hydroxyl groups excluding tert-OH is 1. The van der Waals surface area contributed by atoms with E-state index in [0.717, 1.165) is 11.1 Å². The van der Waals surface area contributed by atoms with Crippen molar-refractivity contribution in [1.82, 2.24) is 0 Å². The highest BCUT2D eigenvalue weighted by atomic mass is 16.5. The first-order valence-electron chi connectivity index (χ1n) is 5.22. The molecule has 0 fully saturated rings. The lowest BCUT2D eigenvalue weighted by Crippen LogP contribution is -1.93. The first-order chi connectivity index (χ1) is 8.26. The number of carbonyl (C=O) groups excluding carboxylic acids is 1. The topological polar surface area (TPSA) is 46.5 Å². The molecule has 1 aromatic rings. The summed E-state index contributed by atoms with van der Waals surface area (Å²) in [7, 11) is 1.34. The zero-order chi connectivity index (χ0) is 12.5. The maximum absolute atomic E-state index is 10.9. The van der Waals surface area contributed by atoms with E-state index in [2.05, 4.69) is 16.6 Å². The van der Waals surface area contributed by atoms with Crippen molar-refractivity contribution in [3.63, 3.8) is 0 Å². The van der Waals surface area contributed by atoms with Gasteiger partial charge in [0.2, 0.25) is 0 Å². The quantitative estimate of drug-likeness (QED) is 0.487. The van der Waals surface area contributed by atoms with E-state index in [1.165, 1.54) is 13.2 Å². The number of hydrogen-bond donors (Lipinski definition) is 1. The van der Waals surface area contributed by atoms with Crippen LogP contribution in [-0.2, 0) is 9.53 Å². The lowest BCUT2D eigenvalue weighted by molar-refractivity contribution is -0.134. The summed E-state index contributed by atoms with van der Waals surface area (Å²) in [6, 6.07) is 7.45. The third-order valence-electron chi connectivity index (χ3n) is 1.99. The Kier molecular flexibility index (Phi) is 5.56. The molecule has 0 atom stereocenters. The van der Waals surface area contributed by atoms with Crippen molar-refractivity contribution in [2.75, 3.05) is 13.7 Å². The summed E-state index contributed by atoms with van der Waals surface area (Å²) in [4.78, 5) is 10.9. The highest BCUT2D eigenvalue weighted by Gasteiger charge is 1.92. The minimum Gasteiger partial charge on any atom is -0.466 e. The molecule has 1 aromatic carbocycles. The van der Waals surface area contributed by atoms with E-state index in [0.29, 0.717) is 6.42 Å². The van der Waals surface area contributed by atoms with Gasteiger partial charge in [-0.3, -0.25) is 0 Å². The molecule has 0 spiro atoms. The smallest absolute Gasteiger partial charge is 0.330 e. The summed E-state index contributed by atoms with van der Waals surface area (Å²) in [5.74, 6) is 5.38. The van der Waals surface area contributed by atoms with Gasteiger partial charge >= 0.3 is 5.97 Å². The maximum Gasteiger partial charge on any atom is 0.330 e. The molecule has 0 aliphatic rings. The highest BCUT2D eigenvalue weighted by molar-refractivity contribution is 5.86. The predicted octanol–water partition coefficient (Wildman–Crippen LogP) is 1.61. The van der Waals surface area contributed by atoms with Crippen LogP contribution in [0.5, 0.6) is 0 Å². The second-order valence-corrected chi connectivity index (χ2v) is 3.25. The summed E-state index contributed by atoms with van der Waals surface area (Å²) in [6.45, 7) is 0.0763. The minimum absolute atomic E-state index is 0.0763. The van der Waals surface area contributed by atoms with Crippen LogP contribution in [0.15, 0.2) is 30.3 Å². The van der Waals surface area contributed by atoms with Gasteiger partial charge in [-0.25, -0.2) is 4.79 Å². The lowest BCUT2D eigenvalue weighted by Gasteiger charge is -1.94. The van der Waals surface area contributed by atoms with Crippen molar-refractivity contribution in [2.24, 2.45) is 0 Å². The van der Waals surface area contributed by atoms with E-state index in [-0.39, 0.29) is 12.6 Å². The summed E-state index contributed by atoms with van der Waals surface area (Å²) < 4.78 is 4.49. The number of hydrogen-bond acceptors (Lipinski definition) is 3. The molecule has 0 amide bonds. The SMILES string of the molecule is COC(=O)/C=C/c1ccc(C#CCCO)cc1. The number of methoxy groups -OCH3 is 1. The van der Waals surface area contributed by atoms with Gasteiger partial charge in [-0.15, -0.1) is 0 Å². The van der Waals surface area contributed by atoms with Crippen LogP contribution in [0.3, 0.4) is 0 Å². The zero-order valence-corrected chi connectivity index (χ0v) is 9.64. The van der Waals surface area contributed by atoms with Crippen molar-refractivity contribution >= 4 is 12.0 Å². The van der Waals surface area contributed by atoms with Gasteiger partial charge in [-0.2, -0.15) is 0 Å². The highest BCUT2D eigenvalue weighted by Crippen LogP contribution is 2.05. The number of carbonyl (C=O) groups is 1. The fourth-order valence-corrected chi connectivity index (χ4v) is 1.13.